The number of benzene rings is 1. The molecule has 5 rings (SSSR count). The topological polar surface area (TPSA) is 54.4 Å². The highest BCUT2D eigenvalue weighted by molar-refractivity contribution is 5.72. The Bertz CT molecular complexity index is 1270. The molecule has 8 heteroatoms. The summed E-state index contributed by atoms with van der Waals surface area (Å²) in [5.41, 5.74) is 3.15. The molecule has 38 heavy (non-hydrogen) atoms. The second kappa shape index (κ2) is 10.9. The number of rotatable bonds is 6. The first-order chi connectivity index (χ1) is 18.2. The van der Waals surface area contributed by atoms with Crippen molar-refractivity contribution in [1.29, 1.82) is 0 Å². The van der Waals surface area contributed by atoms with Gasteiger partial charge in [0.1, 0.15) is 18.1 Å². The Labute approximate surface area is 224 Å². The summed E-state index contributed by atoms with van der Waals surface area (Å²) < 4.78 is 35.6. The molecule has 1 fully saturated rings. The van der Waals surface area contributed by atoms with Gasteiger partial charge in [0.25, 0.3) is 0 Å². The molecule has 1 aromatic carbocycles. The average molecular weight is 522 g/mol. The Balaban J connectivity index is 1.38. The summed E-state index contributed by atoms with van der Waals surface area (Å²) in [6.07, 6.45) is 6.61. The SMILES string of the molecule is CCC(C)N1CCOc2c(F)cc(-c3nc(Cc4ccc(C5CC(C)N(C)C(C)C5)cn4)ncc3F)cc21. The van der Waals surface area contributed by atoms with Gasteiger partial charge in [-0.05, 0) is 76.8 Å². The molecule has 3 atom stereocenters. The van der Waals surface area contributed by atoms with E-state index in [1.54, 1.807) is 6.07 Å². The number of anilines is 1. The molecule has 0 bridgehead atoms. The van der Waals surface area contributed by atoms with Gasteiger partial charge in [-0.25, -0.2) is 18.7 Å². The molecule has 0 aliphatic carbocycles. The Kier molecular flexibility index (Phi) is 7.61. The Hall–Kier alpha value is -3.13. The smallest absolute Gasteiger partial charge is 0.178 e. The maximum atomic E-state index is 15.1. The lowest BCUT2D eigenvalue weighted by Gasteiger charge is -2.40. The van der Waals surface area contributed by atoms with Crippen LogP contribution in [0.1, 0.15) is 70.0 Å². The molecule has 1 saturated heterocycles. The molecule has 3 aromatic rings. The van der Waals surface area contributed by atoms with Crippen LogP contribution >= 0.6 is 0 Å². The predicted molar refractivity (Wildman–Crippen MR) is 146 cm³/mol. The molecule has 2 aromatic heterocycles. The van der Waals surface area contributed by atoms with Crippen molar-refractivity contribution in [3.63, 3.8) is 0 Å². The van der Waals surface area contributed by atoms with E-state index in [9.17, 15) is 4.39 Å². The number of nitrogens with zero attached hydrogens (tertiary/aromatic N) is 5. The number of piperidine rings is 1. The zero-order valence-electron chi connectivity index (χ0n) is 22.9. The van der Waals surface area contributed by atoms with Crippen LogP contribution < -0.4 is 9.64 Å². The van der Waals surface area contributed by atoms with E-state index in [0.717, 1.165) is 31.2 Å². The van der Waals surface area contributed by atoms with Crippen LogP contribution in [-0.2, 0) is 6.42 Å². The lowest BCUT2D eigenvalue weighted by molar-refractivity contribution is 0.122. The highest BCUT2D eigenvalue weighted by Gasteiger charge is 2.29. The minimum absolute atomic E-state index is 0.0808. The Morgan fingerprint density at radius 3 is 2.50 bits per heavy atom. The van der Waals surface area contributed by atoms with E-state index in [2.05, 4.69) is 65.6 Å². The third-order valence-electron chi connectivity index (χ3n) is 8.40. The van der Waals surface area contributed by atoms with Gasteiger partial charge < -0.3 is 14.5 Å². The first-order valence-electron chi connectivity index (χ1n) is 13.7. The zero-order chi connectivity index (χ0) is 27.0. The first kappa shape index (κ1) is 26.5. The van der Waals surface area contributed by atoms with E-state index in [4.69, 9.17) is 4.74 Å². The van der Waals surface area contributed by atoms with Gasteiger partial charge >= 0.3 is 0 Å². The second-order valence-electron chi connectivity index (χ2n) is 10.9. The molecule has 0 spiro atoms. The van der Waals surface area contributed by atoms with Crippen LogP contribution in [0.4, 0.5) is 14.5 Å². The number of likely N-dealkylation sites (tertiary alicyclic amines) is 1. The highest BCUT2D eigenvalue weighted by atomic mass is 19.1. The molecule has 0 amide bonds. The first-order valence-corrected chi connectivity index (χ1v) is 13.7. The van der Waals surface area contributed by atoms with Crippen LogP contribution in [0.2, 0.25) is 0 Å². The van der Waals surface area contributed by atoms with Gasteiger partial charge in [-0.2, -0.15) is 0 Å². The third kappa shape index (κ3) is 5.23. The van der Waals surface area contributed by atoms with Crippen molar-refractivity contribution in [2.45, 2.75) is 77.4 Å². The van der Waals surface area contributed by atoms with Crippen LogP contribution in [0.25, 0.3) is 11.3 Å². The molecular weight excluding hydrogens is 484 g/mol. The zero-order valence-corrected chi connectivity index (χ0v) is 22.9. The summed E-state index contributed by atoms with van der Waals surface area (Å²) in [5.74, 6) is 0.0434. The van der Waals surface area contributed by atoms with Crippen LogP contribution in [-0.4, -0.2) is 58.2 Å². The summed E-state index contributed by atoms with van der Waals surface area (Å²) in [6, 6.07) is 8.49. The lowest BCUT2D eigenvalue weighted by Crippen LogP contribution is -2.43. The molecule has 2 aliphatic rings. The number of fused-ring (bicyclic) bond motifs is 1. The summed E-state index contributed by atoms with van der Waals surface area (Å²) in [5, 5.41) is 0. The molecular formula is C30H37F2N5O. The van der Waals surface area contributed by atoms with Gasteiger partial charge in [-0.3, -0.25) is 4.98 Å². The van der Waals surface area contributed by atoms with Gasteiger partial charge in [0.15, 0.2) is 17.4 Å². The molecule has 3 unspecified atom stereocenters. The maximum absolute atomic E-state index is 15.1. The fourth-order valence-corrected chi connectivity index (χ4v) is 5.71. The molecule has 0 saturated carbocycles. The average Bonchev–Trinajstić information content (AvgIpc) is 2.92. The molecule has 202 valence electrons. The minimum atomic E-state index is -0.589. The van der Waals surface area contributed by atoms with Crippen LogP contribution in [0, 0.1) is 11.6 Å². The lowest BCUT2D eigenvalue weighted by atomic mass is 9.83. The van der Waals surface area contributed by atoms with Crippen molar-refractivity contribution < 1.29 is 13.5 Å². The van der Waals surface area contributed by atoms with Gasteiger partial charge in [0.2, 0.25) is 0 Å². The number of hydrogen-bond donors (Lipinski definition) is 0. The largest absolute Gasteiger partial charge is 0.486 e. The summed E-state index contributed by atoms with van der Waals surface area (Å²) in [4.78, 5) is 17.9. The Morgan fingerprint density at radius 1 is 1.05 bits per heavy atom. The maximum Gasteiger partial charge on any atom is 0.178 e. The molecule has 6 nitrogen and oxygen atoms in total. The second-order valence-corrected chi connectivity index (χ2v) is 10.9. The number of halogens is 2. The van der Waals surface area contributed by atoms with Crippen LogP contribution in [0.5, 0.6) is 5.75 Å². The third-order valence-corrected chi connectivity index (χ3v) is 8.40. The van der Waals surface area contributed by atoms with E-state index in [-0.39, 0.29) is 17.5 Å². The van der Waals surface area contributed by atoms with Crippen molar-refractivity contribution in [1.82, 2.24) is 19.9 Å². The van der Waals surface area contributed by atoms with Crippen molar-refractivity contribution in [2.24, 2.45) is 0 Å². The normalized spacial score (nSPS) is 22.6. The minimum Gasteiger partial charge on any atom is -0.486 e. The summed E-state index contributed by atoms with van der Waals surface area (Å²) >= 11 is 0. The molecule has 4 heterocycles. The molecule has 0 radical (unpaired) electrons. The monoisotopic (exact) mass is 521 g/mol. The van der Waals surface area contributed by atoms with Crippen LogP contribution in [0.15, 0.2) is 36.7 Å². The number of ether oxygens (including phenoxy) is 1. The standard InChI is InChI=1S/C30H37F2N5O/c1-6-18(2)37-9-10-38-30-25(31)13-23(14-27(30)37)29-26(32)17-34-28(35-29)15-24-8-7-21(16-33-24)22-11-19(3)36(5)20(4)12-22/h7-8,13-14,16-20,22H,6,9-12,15H2,1-5H3. The van der Waals surface area contributed by atoms with Gasteiger partial charge in [0, 0.05) is 35.6 Å². The number of pyridine rings is 1. The van der Waals surface area contributed by atoms with Gasteiger partial charge in [-0.1, -0.05) is 13.0 Å². The Morgan fingerprint density at radius 2 is 1.82 bits per heavy atom. The van der Waals surface area contributed by atoms with Crippen molar-refractivity contribution in [3.8, 4) is 17.0 Å². The van der Waals surface area contributed by atoms with Gasteiger partial charge in [-0.15, -0.1) is 0 Å². The molecule has 2 aliphatic heterocycles. The van der Waals surface area contributed by atoms with E-state index in [0.29, 0.717) is 54.6 Å². The fourth-order valence-electron chi connectivity index (χ4n) is 5.71. The molecule has 0 N–H and O–H groups in total. The van der Waals surface area contributed by atoms with Crippen LogP contribution in [0.3, 0.4) is 0 Å². The van der Waals surface area contributed by atoms with E-state index in [1.807, 2.05) is 12.3 Å². The number of aromatic nitrogens is 3. The fraction of sp³-hybridized carbons (Fsp3) is 0.500. The van der Waals surface area contributed by atoms with Crippen molar-refractivity contribution >= 4 is 5.69 Å². The quantitative estimate of drug-likeness (QED) is 0.397. The highest BCUT2D eigenvalue weighted by Crippen LogP contribution is 2.40. The van der Waals surface area contributed by atoms with E-state index >= 15 is 4.39 Å². The van der Waals surface area contributed by atoms with E-state index < -0.39 is 11.6 Å². The number of hydrogen-bond acceptors (Lipinski definition) is 6. The van der Waals surface area contributed by atoms with Gasteiger partial charge in [0.05, 0.1) is 24.8 Å². The summed E-state index contributed by atoms with van der Waals surface area (Å²) in [6.45, 7) is 9.80. The summed E-state index contributed by atoms with van der Waals surface area (Å²) in [7, 11) is 2.19. The van der Waals surface area contributed by atoms with Crippen molar-refractivity contribution in [3.05, 3.63) is 65.4 Å². The van der Waals surface area contributed by atoms with E-state index in [1.165, 1.54) is 11.6 Å². The predicted octanol–water partition coefficient (Wildman–Crippen LogP) is 5.99. The van der Waals surface area contributed by atoms with Crippen molar-refractivity contribution in [2.75, 3.05) is 25.1 Å².